The van der Waals surface area contributed by atoms with E-state index in [1.54, 1.807) is 6.07 Å². The van der Waals surface area contributed by atoms with Crippen molar-refractivity contribution in [2.75, 3.05) is 34.8 Å². The summed E-state index contributed by atoms with van der Waals surface area (Å²) in [6.45, 7) is 0.306. The number of pyridine rings is 1. The zero-order valence-corrected chi connectivity index (χ0v) is 19.7. The third kappa shape index (κ3) is 4.75. The standard InChI is InChI=1S/C23H22F2N4O6S/c24-17-9-15(29-13-16(35-22(29)30)12-27-20-3-6-34-28-20)10-18(25)21(17)14-1-2-19(26-11-14)23(31)4-7-36(32,33)8-5-23/h1-3,6,9-11,16,31H,4-5,7-8,12-13H2,(H,27,28)/t16-/m0/s1. The topological polar surface area (TPSA) is 135 Å². The minimum atomic E-state index is -3.19. The number of nitrogens with zero attached hydrogens (tertiary/aromatic N) is 3. The van der Waals surface area contributed by atoms with Crippen LogP contribution in [0.25, 0.3) is 11.1 Å². The van der Waals surface area contributed by atoms with Crippen molar-refractivity contribution in [3.63, 3.8) is 0 Å². The molecule has 1 aromatic carbocycles. The van der Waals surface area contributed by atoms with Crippen molar-refractivity contribution in [3.8, 4) is 11.1 Å². The molecule has 0 aliphatic carbocycles. The zero-order chi connectivity index (χ0) is 25.5. The van der Waals surface area contributed by atoms with Crippen molar-refractivity contribution in [2.45, 2.75) is 24.5 Å². The molecule has 5 rings (SSSR count). The summed E-state index contributed by atoms with van der Waals surface area (Å²) in [6.07, 6.45) is 1.31. The van der Waals surface area contributed by atoms with Gasteiger partial charge < -0.3 is 19.7 Å². The van der Waals surface area contributed by atoms with E-state index in [1.165, 1.54) is 24.6 Å². The highest BCUT2D eigenvalue weighted by Gasteiger charge is 2.38. The van der Waals surface area contributed by atoms with Gasteiger partial charge in [-0.05, 0) is 31.0 Å². The molecule has 2 aliphatic rings. The number of nitrogens with one attached hydrogen (secondary N) is 1. The van der Waals surface area contributed by atoms with Crippen LogP contribution in [0.15, 0.2) is 47.3 Å². The van der Waals surface area contributed by atoms with Gasteiger partial charge in [0, 0.05) is 17.8 Å². The van der Waals surface area contributed by atoms with Gasteiger partial charge in [-0.3, -0.25) is 9.88 Å². The number of aliphatic hydroxyl groups is 1. The predicted molar refractivity (Wildman–Crippen MR) is 124 cm³/mol. The summed E-state index contributed by atoms with van der Waals surface area (Å²) in [7, 11) is -3.19. The molecule has 0 bridgehead atoms. The van der Waals surface area contributed by atoms with Crippen molar-refractivity contribution < 1.29 is 36.4 Å². The Labute approximate surface area is 204 Å². The molecule has 2 saturated heterocycles. The van der Waals surface area contributed by atoms with E-state index in [-0.39, 0.29) is 59.9 Å². The van der Waals surface area contributed by atoms with Crippen LogP contribution in [0.5, 0.6) is 0 Å². The first-order chi connectivity index (χ1) is 17.1. The Balaban J connectivity index is 1.31. The van der Waals surface area contributed by atoms with Gasteiger partial charge in [0.2, 0.25) is 0 Å². The Bertz CT molecular complexity index is 1350. The minimum Gasteiger partial charge on any atom is -0.442 e. The van der Waals surface area contributed by atoms with E-state index in [9.17, 15) is 18.3 Å². The van der Waals surface area contributed by atoms with Crippen molar-refractivity contribution in [1.29, 1.82) is 0 Å². The van der Waals surface area contributed by atoms with Gasteiger partial charge in [-0.25, -0.2) is 22.0 Å². The number of hydrogen-bond acceptors (Lipinski definition) is 9. The normalized spacial score (nSPS) is 20.8. The summed E-state index contributed by atoms with van der Waals surface area (Å²) in [5, 5.41) is 17.4. The number of sulfone groups is 1. The van der Waals surface area contributed by atoms with Gasteiger partial charge in [0.05, 0.1) is 41.5 Å². The number of amides is 1. The number of carbonyl (C=O) groups excluding carboxylic acids is 1. The average molecular weight is 521 g/mol. The van der Waals surface area contributed by atoms with Crippen LogP contribution in [0.1, 0.15) is 18.5 Å². The van der Waals surface area contributed by atoms with Crippen LogP contribution in [-0.2, 0) is 20.2 Å². The molecule has 0 spiro atoms. The summed E-state index contributed by atoms with van der Waals surface area (Å²) in [6, 6.07) is 6.53. The van der Waals surface area contributed by atoms with E-state index < -0.39 is 39.3 Å². The monoisotopic (exact) mass is 520 g/mol. The third-order valence-electron chi connectivity index (χ3n) is 6.34. The Morgan fingerprint density at radius 3 is 2.50 bits per heavy atom. The second-order valence-electron chi connectivity index (χ2n) is 8.78. The number of halogens is 2. The minimum absolute atomic E-state index is 0.000137. The molecule has 10 nitrogen and oxygen atoms in total. The molecular formula is C23H22F2N4O6S. The number of benzene rings is 1. The lowest BCUT2D eigenvalue weighted by Gasteiger charge is -2.31. The molecule has 4 heterocycles. The second-order valence-corrected chi connectivity index (χ2v) is 11.1. The molecule has 0 saturated carbocycles. The van der Waals surface area contributed by atoms with Crippen LogP contribution in [0.2, 0.25) is 0 Å². The molecule has 2 aliphatic heterocycles. The molecule has 190 valence electrons. The maximum Gasteiger partial charge on any atom is 0.414 e. The maximum atomic E-state index is 15.0. The lowest BCUT2D eigenvalue weighted by molar-refractivity contribution is 0.0220. The first kappa shape index (κ1) is 24.1. The van der Waals surface area contributed by atoms with E-state index in [0.717, 1.165) is 17.0 Å². The van der Waals surface area contributed by atoms with Crippen molar-refractivity contribution in [3.05, 3.63) is 60.1 Å². The fraction of sp³-hybridized carbons (Fsp3) is 0.348. The molecule has 0 radical (unpaired) electrons. The SMILES string of the molecule is O=C1O[C@@H](CNc2ccon2)CN1c1cc(F)c(-c2ccc(C3(O)CCS(=O)(=O)CC3)nc2)c(F)c1. The lowest BCUT2D eigenvalue weighted by atomic mass is 9.91. The Hall–Kier alpha value is -3.58. The zero-order valence-electron chi connectivity index (χ0n) is 18.9. The van der Waals surface area contributed by atoms with Gasteiger partial charge >= 0.3 is 6.09 Å². The average Bonchev–Trinajstić information content (AvgIpc) is 3.49. The highest BCUT2D eigenvalue weighted by atomic mass is 32.2. The van der Waals surface area contributed by atoms with Crippen LogP contribution in [-0.4, -0.2) is 60.5 Å². The third-order valence-corrected chi connectivity index (χ3v) is 8.00. The summed E-state index contributed by atoms with van der Waals surface area (Å²) >= 11 is 0. The second kappa shape index (κ2) is 9.13. The number of hydrogen-bond donors (Lipinski definition) is 2. The van der Waals surface area contributed by atoms with E-state index in [0.29, 0.717) is 5.82 Å². The van der Waals surface area contributed by atoms with Crippen LogP contribution in [0.3, 0.4) is 0 Å². The molecule has 1 atom stereocenters. The van der Waals surface area contributed by atoms with Crippen LogP contribution in [0.4, 0.5) is 25.1 Å². The van der Waals surface area contributed by atoms with Crippen LogP contribution >= 0.6 is 0 Å². The summed E-state index contributed by atoms with van der Waals surface area (Å²) in [4.78, 5) is 17.6. The number of anilines is 2. The number of aromatic nitrogens is 2. The van der Waals surface area contributed by atoms with E-state index in [1.807, 2.05) is 0 Å². The van der Waals surface area contributed by atoms with E-state index in [2.05, 4.69) is 15.5 Å². The van der Waals surface area contributed by atoms with Gasteiger partial charge in [0.15, 0.2) is 15.7 Å². The number of cyclic esters (lactones) is 1. The Kier molecular flexibility index (Phi) is 6.12. The molecule has 1 amide bonds. The number of ether oxygens (including phenoxy) is 1. The van der Waals surface area contributed by atoms with E-state index in [4.69, 9.17) is 9.26 Å². The molecule has 2 N–H and O–H groups in total. The van der Waals surface area contributed by atoms with E-state index >= 15 is 8.78 Å². The molecule has 0 unspecified atom stereocenters. The summed E-state index contributed by atoms with van der Waals surface area (Å²) in [5.41, 5.74) is -1.38. The van der Waals surface area contributed by atoms with Gasteiger partial charge in [-0.15, -0.1) is 0 Å². The molecule has 13 heteroatoms. The fourth-order valence-corrected chi connectivity index (χ4v) is 5.80. The maximum absolute atomic E-state index is 15.0. The largest absolute Gasteiger partial charge is 0.442 e. The Morgan fingerprint density at radius 2 is 1.89 bits per heavy atom. The van der Waals surface area contributed by atoms with Crippen molar-refractivity contribution >= 4 is 27.4 Å². The molecule has 2 fully saturated rings. The highest BCUT2D eigenvalue weighted by molar-refractivity contribution is 7.91. The highest BCUT2D eigenvalue weighted by Crippen LogP contribution is 2.35. The summed E-state index contributed by atoms with van der Waals surface area (Å²) < 4.78 is 63.4. The molecule has 36 heavy (non-hydrogen) atoms. The first-order valence-corrected chi connectivity index (χ1v) is 13.0. The van der Waals surface area contributed by atoms with Gasteiger partial charge in [-0.2, -0.15) is 0 Å². The molecule has 3 aromatic rings. The quantitative estimate of drug-likeness (QED) is 0.503. The molecular weight excluding hydrogens is 498 g/mol. The smallest absolute Gasteiger partial charge is 0.414 e. The fourth-order valence-electron chi connectivity index (χ4n) is 4.30. The van der Waals surface area contributed by atoms with Crippen LogP contribution < -0.4 is 10.2 Å². The van der Waals surface area contributed by atoms with Gasteiger partial charge in [0.1, 0.15) is 29.6 Å². The number of carbonyl (C=O) groups is 1. The molecule has 2 aromatic heterocycles. The number of rotatable bonds is 6. The predicted octanol–water partition coefficient (Wildman–Crippen LogP) is 2.85. The van der Waals surface area contributed by atoms with Gasteiger partial charge in [-0.1, -0.05) is 11.2 Å². The van der Waals surface area contributed by atoms with Crippen molar-refractivity contribution in [1.82, 2.24) is 10.1 Å². The Morgan fingerprint density at radius 1 is 1.17 bits per heavy atom. The van der Waals surface area contributed by atoms with Crippen molar-refractivity contribution in [2.24, 2.45) is 0 Å². The lowest BCUT2D eigenvalue weighted by Crippen LogP contribution is -2.37. The summed E-state index contributed by atoms with van der Waals surface area (Å²) in [5.74, 6) is -1.66. The van der Waals surface area contributed by atoms with Gasteiger partial charge in [0.25, 0.3) is 0 Å². The first-order valence-electron chi connectivity index (χ1n) is 11.1. The van der Waals surface area contributed by atoms with Crippen LogP contribution in [0, 0.1) is 11.6 Å².